The average Bonchev–Trinajstić information content (AvgIpc) is 3.27. The van der Waals surface area contributed by atoms with Crippen molar-refractivity contribution >= 4 is 46.0 Å². The van der Waals surface area contributed by atoms with Crippen LogP contribution in [0.1, 0.15) is 16.6 Å². The quantitative estimate of drug-likeness (QED) is 0.638. The molecular weight excluding hydrogens is 358 g/mol. The first kappa shape index (κ1) is 15.7. The molecule has 3 nitrogen and oxygen atoms in total. The summed E-state index contributed by atoms with van der Waals surface area (Å²) in [6.45, 7) is 1.82. The molecule has 0 unspecified atom stereocenters. The van der Waals surface area contributed by atoms with Crippen LogP contribution < -0.4 is 5.32 Å². The Morgan fingerprint density at radius 3 is 2.71 bits per heavy atom. The van der Waals surface area contributed by atoms with Crippen LogP contribution in [0.4, 0.5) is 5.69 Å². The number of hydrogen-bond donors (Lipinski definition) is 1. The van der Waals surface area contributed by atoms with Crippen molar-refractivity contribution in [1.82, 2.24) is 9.47 Å². The number of fused-ring (bicyclic) bond motifs is 1. The third-order valence-electron chi connectivity index (χ3n) is 4.21. The number of benzene rings is 1. The molecule has 0 radical (unpaired) electrons. The van der Waals surface area contributed by atoms with Gasteiger partial charge in [0.15, 0.2) is 5.11 Å². The number of anilines is 1. The largest absolute Gasteiger partial charge is 0.347 e. The number of rotatable bonds is 2. The summed E-state index contributed by atoms with van der Waals surface area (Å²) in [5.41, 5.74) is 2.24. The fourth-order valence-electron chi connectivity index (χ4n) is 3.08. The van der Waals surface area contributed by atoms with Crippen molar-refractivity contribution in [2.24, 2.45) is 0 Å². The van der Waals surface area contributed by atoms with Gasteiger partial charge in [-0.05, 0) is 60.1 Å². The van der Waals surface area contributed by atoms with E-state index >= 15 is 0 Å². The van der Waals surface area contributed by atoms with Gasteiger partial charge in [0, 0.05) is 40.6 Å². The van der Waals surface area contributed by atoms with Crippen LogP contribution in [0, 0.1) is 0 Å². The standard InChI is InChI=1S/C18H16ClN3S2/c19-13-5-7-14(8-6-13)20-18(23)22-11-10-21-9-1-3-15(21)17(22)16-4-2-12-24-16/h1-9,12,17H,10-11H2,(H,20,23)/t17-/m0/s1. The maximum atomic E-state index is 5.96. The number of thiophene rings is 1. The van der Waals surface area contributed by atoms with Gasteiger partial charge in [-0.25, -0.2) is 0 Å². The lowest BCUT2D eigenvalue weighted by Crippen LogP contribution is -2.44. The average molecular weight is 374 g/mol. The zero-order valence-corrected chi connectivity index (χ0v) is 15.2. The van der Waals surface area contributed by atoms with Gasteiger partial charge in [-0.2, -0.15) is 0 Å². The molecule has 0 bridgehead atoms. The first-order valence-corrected chi connectivity index (χ1v) is 9.40. The molecule has 1 aliphatic rings. The molecule has 0 amide bonds. The number of thiocarbonyl (C=S) groups is 1. The highest BCUT2D eigenvalue weighted by Crippen LogP contribution is 2.35. The SMILES string of the molecule is S=C(Nc1ccc(Cl)cc1)N1CCn2cccc2[C@H]1c1cccs1. The second-order valence-corrected chi connectivity index (χ2v) is 7.48. The van der Waals surface area contributed by atoms with E-state index in [0.29, 0.717) is 0 Å². The third kappa shape index (κ3) is 2.95. The van der Waals surface area contributed by atoms with E-state index < -0.39 is 0 Å². The highest BCUT2D eigenvalue weighted by atomic mass is 35.5. The van der Waals surface area contributed by atoms with Gasteiger partial charge in [0.25, 0.3) is 0 Å². The molecule has 24 heavy (non-hydrogen) atoms. The zero-order chi connectivity index (χ0) is 16.5. The van der Waals surface area contributed by atoms with Crippen molar-refractivity contribution < 1.29 is 0 Å². The van der Waals surface area contributed by atoms with Crippen LogP contribution in [-0.4, -0.2) is 21.1 Å². The lowest BCUT2D eigenvalue weighted by Gasteiger charge is -2.38. The van der Waals surface area contributed by atoms with Crippen LogP contribution in [0.5, 0.6) is 0 Å². The van der Waals surface area contributed by atoms with Gasteiger partial charge < -0.3 is 14.8 Å². The fraction of sp³-hybridized carbons (Fsp3) is 0.167. The molecule has 3 aromatic rings. The predicted octanol–water partition coefficient (Wildman–Crippen LogP) is 5.01. The summed E-state index contributed by atoms with van der Waals surface area (Å²) < 4.78 is 2.31. The summed E-state index contributed by atoms with van der Waals surface area (Å²) >= 11 is 13.4. The summed E-state index contributed by atoms with van der Waals surface area (Å²) in [6.07, 6.45) is 2.14. The predicted molar refractivity (Wildman–Crippen MR) is 105 cm³/mol. The van der Waals surface area contributed by atoms with Crippen LogP contribution in [0.2, 0.25) is 5.02 Å². The monoisotopic (exact) mass is 373 g/mol. The summed E-state index contributed by atoms with van der Waals surface area (Å²) in [5.74, 6) is 0. The maximum absolute atomic E-state index is 5.96. The van der Waals surface area contributed by atoms with E-state index in [1.54, 1.807) is 11.3 Å². The molecular formula is C18H16ClN3S2. The molecule has 1 aromatic carbocycles. The second-order valence-electron chi connectivity index (χ2n) is 5.67. The van der Waals surface area contributed by atoms with E-state index in [1.807, 2.05) is 24.3 Å². The Bertz CT molecular complexity index is 840. The molecule has 1 atom stereocenters. The Hall–Kier alpha value is -1.82. The lowest BCUT2D eigenvalue weighted by atomic mass is 10.1. The molecule has 6 heteroatoms. The van der Waals surface area contributed by atoms with Gasteiger partial charge in [0.2, 0.25) is 0 Å². The van der Waals surface area contributed by atoms with Crippen molar-refractivity contribution in [2.45, 2.75) is 12.6 Å². The van der Waals surface area contributed by atoms with E-state index in [9.17, 15) is 0 Å². The molecule has 1 N–H and O–H groups in total. The van der Waals surface area contributed by atoms with Crippen LogP contribution in [0.25, 0.3) is 0 Å². The summed E-state index contributed by atoms with van der Waals surface area (Å²) in [7, 11) is 0. The lowest BCUT2D eigenvalue weighted by molar-refractivity contribution is 0.297. The number of halogens is 1. The van der Waals surface area contributed by atoms with Crippen LogP contribution in [0.15, 0.2) is 60.1 Å². The molecule has 2 aromatic heterocycles. The molecule has 0 fully saturated rings. The van der Waals surface area contributed by atoms with Crippen LogP contribution >= 0.6 is 35.2 Å². The Balaban J connectivity index is 1.63. The van der Waals surface area contributed by atoms with Gasteiger partial charge in [-0.1, -0.05) is 17.7 Å². The smallest absolute Gasteiger partial charge is 0.174 e. The normalized spacial score (nSPS) is 16.7. The van der Waals surface area contributed by atoms with Gasteiger partial charge in [-0.3, -0.25) is 0 Å². The topological polar surface area (TPSA) is 20.2 Å². The van der Waals surface area contributed by atoms with E-state index in [2.05, 4.69) is 50.6 Å². The Morgan fingerprint density at radius 1 is 1.12 bits per heavy atom. The minimum absolute atomic E-state index is 0.154. The summed E-state index contributed by atoms with van der Waals surface area (Å²) in [5, 5.41) is 6.92. The van der Waals surface area contributed by atoms with Gasteiger partial charge >= 0.3 is 0 Å². The highest BCUT2D eigenvalue weighted by Gasteiger charge is 2.31. The van der Waals surface area contributed by atoms with E-state index in [4.69, 9.17) is 23.8 Å². The van der Waals surface area contributed by atoms with Crippen molar-refractivity contribution in [3.63, 3.8) is 0 Å². The fourth-order valence-corrected chi connectivity index (χ4v) is 4.37. The molecule has 0 saturated carbocycles. The molecule has 4 rings (SSSR count). The zero-order valence-electron chi connectivity index (χ0n) is 12.9. The van der Waals surface area contributed by atoms with E-state index in [-0.39, 0.29) is 6.04 Å². The summed E-state index contributed by atoms with van der Waals surface area (Å²) in [4.78, 5) is 3.57. The Labute approximate surface area is 155 Å². The molecule has 0 aliphatic carbocycles. The van der Waals surface area contributed by atoms with Crippen molar-refractivity contribution in [3.8, 4) is 0 Å². The van der Waals surface area contributed by atoms with E-state index in [1.165, 1.54) is 10.6 Å². The van der Waals surface area contributed by atoms with Crippen molar-refractivity contribution in [2.75, 3.05) is 11.9 Å². The number of hydrogen-bond acceptors (Lipinski definition) is 2. The molecule has 3 heterocycles. The van der Waals surface area contributed by atoms with Crippen LogP contribution in [-0.2, 0) is 6.54 Å². The first-order chi connectivity index (χ1) is 11.7. The van der Waals surface area contributed by atoms with E-state index in [0.717, 1.165) is 28.9 Å². The van der Waals surface area contributed by atoms with Gasteiger partial charge in [-0.15, -0.1) is 11.3 Å². The van der Waals surface area contributed by atoms with Gasteiger partial charge in [0.1, 0.15) is 6.04 Å². The maximum Gasteiger partial charge on any atom is 0.174 e. The Kier molecular flexibility index (Phi) is 4.31. The number of aromatic nitrogens is 1. The number of nitrogens with one attached hydrogen (secondary N) is 1. The first-order valence-electron chi connectivity index (χ1n) is 7.74. The minimum Gasteiger partial charge on any atom is -0.347 e. The molecule has 0 saturated heterocycles. The highest BCUT2D eigenvalue weighted by molar-refractivity contribution is 7.80. The molecule has 1 aliphatic heterocycles. The number of nitrogens with zero attached hydrogens (tertiary/aromatic N) is 2. The summed E-state index contributed by atoms with van der Waals surface area (Å²) in [6, 6.07) is 16.3. The molecule has 0 spiro atoms. The Morgan fingerprint density at radius 2 is 1.96 bits per heavy atom. The minimum atomic E-state index is 0.154. The van der Waals surface area contributed by atoms with Crippen molar-refractivity contribution in [1.29, 1.82) is 0 Å². The third-order valence-corrected chi connectivity index (χ3v) is 5.72. The van der Waals surface area contributed by atoms with Crippen molar-refractivity contribution in [3.05, 3.63) is 75.7 Å². The second kappa shape index (κ2) is 6.59. The van der Waals surface area contributed by atoms with Gasteiger partial charge in [0.05, 0.1) is 0 Å². The molecule has 122 valence electrons. The van der Waals surface area contributed by atoms with Crippen LogP contribution in [0.3, 0.4) is 0 Å².